The summed E-state index contributed by atoms with van der Waals surface area (Å²) in [4.78, 5) is 15.6. The first-order chi connectivity index (χ1) is 9.75. The van der Waals surface area contributed by atoms with Gasteiger partial charge in [0.2, 0.25) is 0 Å². The normalized spacial score (nSPS) is 16.0. The Bertz CT molecular complexity index is 590. The maximum atomic E-state index is 11.4. The maximum Gasteiger partial charge on any atom is 0.325 e. The van der Waals surface area contributed by atoms with E-state index in [0.29, 0.717) is 12.6 Å². The Balaban J connectivity index is 1.71. The SMILES string of the molecule is O=C(O)C(NCc1cncn1C1CC1)c1ccccc1. The fraction of sp³-hybridized carbons (Fsp3) is 0.333. The molecule has 1 heterocycles. The van der Waals surface area contributed by atoms with Crippen LogP contribution >= 0.6 is 0 Å². The van der Waals surface area contributed by atoms with Crippen LogP contribution in [-0.2, 0) is 11.3 Å². The molecule has 0 bridgehead atoms. The number of nitrogens with one attached hydrogen (secondary N) is 1. The zero-order valence-corrected chi connectivity index (χ0v) is 11.1. The summed E-state index contributed by atoms with van der Waals surface area (Å²) >= 11 is 0. The second-order valence-corrected chi connectivity index (χ2v) is 5.09. The third kappa shape index (κ3) is 2.72. The smallest absolute Gasteiger partial charge is 0.325 e. The minimum Gasteiger partial charge on any atom is -0.480 e. The van der Waals surface area contributed by atoms with Gasteiger partial charge in [-0.3, -0.25) is 10.1 Å². The number of aromatic nitrogens is 2. The Labute approximate surface area is 117 Å². The van der Waals surface area contributed by atoms with Crippen LogP contribution in [0.15, 0.2) is 42.9 Å². The van der Waals surface area contributed by atoms with Crippen molar-refractivity contribution in [1.29, 1.82) is 0 Å². The van der Waals surface area contributed by atoms with Crippen LogP contribution in [-0.4, -0.2) is 20.6 Å². The van der Waals surface area contributed by atoms with Crippen LogP contribution in [0.1, 0.15) is 36.2 Å². The van der Waals surface area contributed by atoms with Gasteiger partial charge in [0.25, 0.3) is 0 Å². The number of nitrogens with zero attached hydrogens (tertiary/aromatic N) is 2. The van der Waals surface area contributed by atoms with Gasteiger partial charge in [-0.15, -0.1) is 0 Å². The van der Waals surface area contributed by atoms with Crippen molar-refractivity contribution < 1.29 is 9.90 Å². The fourth-order valence-electron chi connectivity index (χ4n) is 2.35. The number of carboxylic acids is 1. The van der Waals surface area contributed by atoms with Gasteiger partial charge in [0.15, 0.2) is 0 Å². The van der Waals surface area contributed by atoms with Gasteiger partial charge in [-0.2, -0.15) is 0 Å². The van der Waals surface area contributed by atoms with Gasteiger partial charge >= 0.3 is 5.97 Å². The Kier molecular flexibility index (Phi) is 3.52. The van der Waals surface area contributed by atoms with Crippen LogP contribution < -0.4 is 5.32 Å². The molecule has 1 saturated carbocycles. The van der Waals surface area contributed by atoms with Crippen molar-refractivity contribution in [2.24, 2.45) is 0 Å². The standard InChI is InChI=1S/C15H17N3O2/c19-15(20)14(11-4-2-1-3-5-11)17-9-13-8-16-10-18(13)12-6-7-12/h1-5,8,10,12,14,17H,6-7,9H2,(H,19,20). The average molecular weight is 271 g/mol. The third-order valence-corrected chi connectivity index (χ3v) is 3.55. The Morgan fingerprint density at radius 2 is 2.15 bits per heavy atom. The number of carbonyl (C=O) groups is 1. The number of hydrogen-bond acceptors (Lipinski definition) is 3. The first-order valence-electron chi connectivity index (χ1n) is 6.77. The van der Waals surface area contributed by atoms with Crippen molar-refractivity contribution in [1.82, 2.24) is 14.9 Å². The van der Waals surface area contributed by atoms with Crippen LogP contribution in [0.25, 0.3) is 0 Å². The van der Waals surface area contributed by atoms with Crippen molar-refractivity contribution >= 4 is 5.97 Å². The molecule has 1 aromatic carbocycles. The molecule has 1 aliphatic carbocycles. The number of benzene rings is 1. The molecule has 104 valence electrons. The molecule has 0 spiro atoms. The number of imidazole rings is 1. The monoisotopic (exact) mass is 271 g/mol. The lowest BCUT2D eigenvalue weighted by atomic mass is 10.1. The summed E-state index contributed by atoms with van der Waals surface area (Å²) in [5, 5.41) is 12.5. The first kappa shape index (κ1) is 12.9. The van der Waals surface area contributed by atoms with Gasteiger partial charge in [-0.1, -0.05) is 30.3 Å². The van der Waals surface area contributed by atoms with E-state index in [9.17, 15) is 9.90 Å². The summed E-state index contributed by atoms with van der Waals surface area (Å²) in [5.74, 6) is -0.867. The zero-order chi connectivity index (χ0) is 13.9. The highest BCUT2D eigenvalue weighted by Gasteiger charge is 2.26. The van der Waals surface area contributed by atoms with Gasteiger partial charge in [0, 0.05) is 18.8 Å². The van der Waals surface area contributed by atoms with E-state index < -0.39 is 12.0 Å². The van der Waals surface area contributed by atoms with Crippen molar-refractivity contribution in [3.63, 3.8) is 0 Å². The average Bonchev–Trinajstić information content (AvgIpc) is 3.19. The predicted octanol–water partition coefficient (Wildman–Crippen LogP) is 2.13. The quantitative estimate of drug-likeness (QED) is 0.844. The van der Waals surface area contributed by atoms with Gasteiger partial charge in [-0.25, -0.2) is 4.98 Å². The number of hydrogen-bond donors (Lipinski definition) is 2. The Hall–Kier alpha value is -2.14. The molecule has 0 radical (unpaired) electrons. The summed E-state index contributed by atoms with van der Waals surface area (Å²) in [5.41, 5.74) is 1.80. The van der Waals surface area contributed by atoms with E-state index in [0.717, 1.165) is 11.3 Å². The Morgan fingerprint density at radius 3 is 2.80 bits per heavy atom. The first-order valence-corrected chi connectivity index (χ1v) is 6.77. The lowest BCUT2D eigenvalue weighted by molar-refractivity contribution is -0.139. The molecule has 5 heteroatoms. The maximum absolute atomic E-state index is 11.4. The van der Waals surface area contributed by atoms with Crippen molar-refractivity contribution in [3.05, 3.63) is 54.1 Å². The lowest BCUT2D eigenvalue weighted by Gasteiger charge is -2.15. The lowest BCUT2D eigenvalue weighted by Crippen LogP contribution is -2.28. The van der Waals surface area contributed by atoms with Crippen molar-refractivity contribution in [2.75, 3.05) is 0 Å². The summed E-state index contributed by atoms with van der Waals surface area (Å²) in [6, 6.07) is 9.08. The number of rotatable bonds is 6. The van der Waals surface area contributed by atoms with Crippen molar-refractivity contribution in [3.8, 4) is 0 Å². The van der Waals surface area contributed by atoms with E-state index in [4.69, 9.17) is 0 Å². The molecule has 1 unspecified atom stereocenters. The molecule has 1 fully saturated rings. The summed E-state index contributed by atoms with van der Waals surface area (Å²) in [6.45, 7) is 0.502. The molecule has 1 aromatic heterocycles. The van der Waals surface area contributed by atoms with Gasteiger partial charge < -0.3 is 9.67 Å². The van der Waals surface area contributed by atoms with Gasteiger partial charge in [0.1, 0.15) is 6.04 Å². The van der Waals surface area contributed by atoms with E-state index in [1.54, 1.807) is 6.20 Å². The zero-order valence-electron chi connectivity index (χ0n) is 11.1. The highest BCUT2D eigenvalue weighted by molar-refractivity contribution is 5.75. The Morgan fingerprint density at radius 1 is 1.40 bits per heavy atom. The van der Waals surface area contributed by atoms with Crippen LogP contribution in [0.4, 0.5) is 0 Å². The minimum absolute atomic E-state index is 0.502. The fourth-order valence-corrected chi connectivity index (χ4v) is 2.35. The molecule has 0 aliphatic heterocycles. The highest BCUT2D eigenvalue weighted by atomic mass is 16.4. The molecule has 2 N–H and O–H groups in total. The van der Waals surface area contributed by atoms with E-state index in [-0.39, 0.29) is 0 Å². The van der Waals surface area contributed by atoms with Crippen LogP contribution in [0, 0.1) is 0 Å². The molecule has 1 aliphatic rings. The molecule has 1 atom stereocenters. The summed E-state index contributed by atoms with van der Waals surface area (Å²) in [6.07, 6.45) is 6.00. The van der Waals surface area contributed by atoms with Gasteiger partial charge in [-0.05, 0) is 18.4 Å². The molecule has 20 heavy (non-hydrogen) atoms. The molecular formula is C15H17N3O2. The van der Waals surface area contributed by atoms with Gasteiger partial charge in [0.05, 0.1) is 12.0 Å². The molecular weight excluding hydrogens is 254 g/mol. The predicted molar refractivity (Wildman–Crippen MR) is 74.2 cm³/mol. The second-order valence-electron chi connectivity index (χ2n) is 5.09. The van der Waals surface area contributed by atoms with Crippen molar-refractivity contribution in [2.45, 2.75) is 31.5 Å². The topological polar surface area (TPSA) is 67.2 Å². The molecule has 0 saturated heterocycles. The third-order valence-electron chi connectivity index (χ3n) is 3.55. The highest BCUT2D eigenvalue weighted by Crippen LogP contribution is 2.35. The minimum atomic E-state index is -0.867. The summed E-state index contributed by atoms with van der Waals surface area (Å²) < 4.78 is 2.14. The molecule has 2 aromatic rings. The van der Waals surface area contributed by atoms with E-state index in [1.807, 2.05) is 36.7 Å². The van der Waals surface area contributed by atoms with E-state index in [2.05, 4.69) is 14.9 Å². The molecule has 0 amide bonds. The van der Waals surface area contributed by atoms with E-state index in [1.165, 1.54) is 12.8 Å². The molecule has 5 nitrogen and oxygen atoms in total. The van der Waals surface area contributed by atoms with E-state index >= 15 is 0 Å². The summed E-state index contributed by atoms with van der Waals surface area (Å²) in [7, 11) is 0. The van der Waals surface area contributed by atoms with Crippen LogP contribution in [0.5, 0.6) is 0 Å². The largest absolute Gasteiger partial charge is 0.480 e. The molecule has 3 rings (SSSR count). The van der Waals surface area contributed by atoms with Crippen LogP contribution in [0.3, 0.4) is 0 Å². The number of aliphatic carboxylic acids is 1. The van der Waals surface area contributed by atoms with Crippen LogP contribution in [0.2, 0.25) is 0 Å². The second kappa shape index (κ2) is 5.46. The number of carboxylic acid groups (broad SMARTS) is 1.